The van der Waals surface area contributed by atoms with Gasteiger partial charge in [-0.15, -0.1) is 48.2 Å². The van der Waals surface area contributed by atoms with Gasteiger partial charge in [0.15, 0.2) is 0 Å². The Morgan fingerprint density at radius 1 is 0.955 bits per heavy atom. The van der Waals surface area contributed by atoms with E-state index in [0.29, 0.717) is 0 Å². The van der Waals surface area contributed by atoms with Crippen LogP contribution >= 0.6 is 24.8 Å². The number of aryl methyl sites for hydroxylation is 1. The molecule has 3 aliphatic carbocycles. The SMILES string of the molecule is CCC1(C)[C-]=c2c(C)cccc2=C1.Cl.Cl.[Zr].c1cc2ccc1-2. The predicted octanol–water partition coefficient (Wildman–Crippen LogP) is 4.37. The van der Waals surface area contributed by atoms with Crippen LogP contribution in [0.15, 0.2) is 42.5 Å². The van der Waals surface area contributed by atoms with Gasteiger partial charge in [-0.25, -0.2) is 0 Å². The van der Waals surface area contributed by atoms with Crippen molar-refractivity contribution in [2.75, 3.05) is 0 Å². The van der Waals surface area contributed by atoms with E-state index in [4.69, 9.17) is 0 Å². The second kappa shape index (κ2) is 8.48. The molecule has 0 aliphatic heterocycles. The second-order valence-corrected chi connectivity index (χ2v) is 5.66. The van der Waals surface area contributed by atoms with Crippen LogP contribution in [-0.2, 0) is 26.2 Å². The molecule has 0 N–H and O–H groups in total. The van der Waals surface area contributed by atoms with Gasteiger partial charge in [-0.1, -0.05) is 62.9 Å². The van der Waals surface area contributed by atoms with Crippen molar-refractivity contribution in [3.8, 4) is 11.1 Å². The fourth-order valence-electron chi connectivity index (χ4n) is 2.50. The van der Waals surface area contributed by atoms with Crippen LogP contribution in [0, 0.1) is 12.3 Å². The average molecular weight is 412 g/mol. The molecule has 4 rings (SSSR count). The number of benzene rings is 2. The average Bonchev–Trinajstić information content (AvgIpc) is 2.74. The summed E-state index contributed by atoms with van der Waals surface area (Å²) in [6, 6.07) is 14.9. The van der Waals surface area contributed by atoms with Gasteiger partial charge in [0.1, 0.15) is 0 Å². The molecule has 0 nitrogen and oxygen atoms in total. The molecule has 116 valence electrons. The summed E-state index contributed by atoms with van der Waals surface area (Å²) < 4.78 is 0. The molecule has 1 aromatic rings. The topological polar surface area (TPSA) is 0 Å². The molecule has 0 spiro atoms. The van der Waals surface area contributed by atoms with Crippen LogP contribution in [0.2, 0.25) is 0 Å². The normalized spacial score (nSPS) is 17.8. The minimum Gasteiger partial charge on any atom is -0.191 e. The monoisotopic (exact) mass is 409 g/mol. The molecule has 0 fully saturated rings. The fraction of sp³-hybridized carbons (Fsp3) is 0.263. The van der Waals surface area contributed by atoms with Gasteiger partial charge in [-0.05, 0) is 11.1 Å². The van der Waals surface area contributed by atoms with Crippen LogP contribution in [0.3, 0.4) is 0 Å². The predicted molar refractivity (Wildman–Crippen MR) is 96.6 cm³/mol. The zero-order valence-electron chi connectivity index (χ0n) is 13.1. The van der Waals surface area contributed by atoms with Gasteiger partial charge in [-0.2, -0.15) is 16.9 Å². The summed E-state index contributed by atoms with van der Waals surface area (Å²) in [6.45, 7) is 6.61. The first-order chi connectivity index (χ1) is 9.11. The first-order valence-corrected chi connectivity index (χ1v) is 6.95. The number of rotatable bonds is 1. The molecule has 1 aromatic carbocycles. The van der Waals surface area contributed by atoms with Crippen molar-refractivity contribution in [1.82, 2.24) is 0 Å². The van der Waals surface area contributed by atoms with Crippen molar-refractivity contribution < 1.29 is 26.2 Å². The van der Waals surface area contributed by atoms with Crippen LogP contribution in [0.25, 0.3) is 23.3 Å². The Balaban J connectivity index is 0.000000419. The molecule has 3 aliphatic rings. The third-order valence-corrected chi connectivity index (χ3v) is 4.14. The van der Waals surface area contributed by atoms with Gasteiger partial charge in [0, 0.05) is 26.2 Å². The number of halogens is 2. The van der Waals surface area contributed by atoms with Crippen LogP contribution in [-0.4, -0.2) is 0 Å². The minimum atomic E-state index is 0. The first kappa shape index (κ1) is 21.6. The second-order valence-electron chi connectivity index (χ2n) is 5.66. The molecule has 1 atom stereocenters. The van der Waals surface area contributed by atoms with Crippen molar-refractivity contribution in [1.29, 1.82) is 0 Å². The Morgan fingerprint density at radius 2 is 1.50 bits per heavy atom. The maximum absolute atomic E-state index is 3.57. The van der Waals surface area contributed by atoms with E-state index in [1.54, 1.807) is 0 Å². The van der Waals surface area contributed by atoms with Crippen molar-refractivity contribution in [3.05, 3.63) is 58.5 Å². The quantitative estimate of drug-likeness (QED) is 0.522. The van der Waals surface area contributed by atoms with Gasteiger partial charge in [0.05, 0.1) is 0 Å². The molecular weight excluding hydrogens is 390 g/mol. The van der Waals surface area contributed by atoms with Gasteiger partial charge < -0.3 is 0 Å². The standard InChI is InChI=1S/C13H15.C6H4.2ClH.Zr/c1-4-13(3)8-11-7-5-6-10(2)12(11)9-13;1-2-6-4-3-5(1)6;;;/h5-8H,4H2,1-3H3;1-4H;2*1H;/q-1;;;;. The summed E-state index contributed by atoms with van der Waals surface area (Å²) in [5.74, 6) is 0. The van der Waals surface area contributed by atoms with E-state index in [1.807, 2.05) is 0 Å². The largest absolute Gasteiger partial charge is 0.191 e. The number of hydrogen-bond donors (Lipinski definition) is 0. The zero-order valence-corrected chi connectivity index (χ0v) is 17.2. The first-order valence-electron chi connectivity index (χ1n) is 6.95. The van der Waals surface area contributed by atoms with E-state index in [9.17, 15) is 0 Å². The van der Waals surface area contributed by atoms with E-state index < -0.39 is 0 Å². The molecule has 0 radical (unpaired) electrons. The molecule has 0 aromatic heterocycles. The van der Waals surface area contributed by atoms with Crippen LogP contribution in [0.1, 0.15) is 25.8 Å². The van der Waals surface area contributed by atoms with Crippen LogP contribution < -0.4 is 10.4 Å². The van der Waals surface area contributed by atoms with Gasteiger partial charge in [0.2, 0.25) is 0 Å². The van der Waals surface area contributed by atoms with Gasteiger partial charge >= 0.3 is 0 Å². The summed E-state index contributed by atoms with van der Waals surface area (Å²) in [5, 5.41) is 2.66. The van der Waals surface area contributed by atoms with Crippen LogP contribution in [0.4, 0.5) is 0 Å². The molecule has 0 amide bonds. The van der Waals surface area contributed by atoms with Gasteiger partial charge in [-0.3, -0.25) is 0 Å². The van der Waals surface area contributed by atoms with E-state index in [0.717, 1.165) is 6.42 Å². The van der Waals surface area contributed by atoms with Crippen molar-refractivity contribution in [2.45, 2.75) is 27.2 Å². The molecule has 0 bridgehead atoms. The molecular formula is C19H21Cl2Zr-. The molecule has 0 saturated carbocycles. The Hall–Kier alpha value is -0.357. The Kier molecular flexibility index (Phi) is 8.35. The summed E-state index contributed by atoms with van der Waals surface area (Å²) in [4.78, 5) is 0. The fourth-order valence-corrected chi connectivity index (χ4v) is 2.50. The van der Waals surface area contributed by atoms with E-state index >= 15 is 0 Å². The zero-order chi connectivity index (χ0) is 13.5. The third kappa shape index (κ3) is 4.13. The Morgan fingerprint density at radius 3 is 1.86 bits per heavy atom. The number of hydrogen-bond acceptors (Lipinski definition) is 0. The summed E-state index contributed by atoms with van der Waals surface area (Å²) in [6.07, 6.45) is 7.03. The Bertz CT molecular complexity index is 714. The maximum atomic E-state index is 3.57. The van der Waals surface area contributed by atoms with E-state index in [2.05, 4.69) is 75.4 Å². The molecule has 0 saturated heterocycles. The smallest absolute Gasteiger partial charge is 0 e. The van der Waals surface area contributed by atoms with Gasteiger partial charge in [0.25, 0.3) is 0 Å². The summed E-state index contributed by atoms with van der Waals surface area (Å²) in [5.41, 5.74) is 4.35. The summed E-state index contributed by atoms with van der Waals surface area (Å²) >= 11 is 0. The van der Waals surface area contributed by atoms with Crippen LogP contribution in [0.5, 0.6) is 0 Å². The Labute approximate surface area is 164 Å². The molecule has 0 heterocycles. The van der Waals surface area contributed by atoms with Crippen molar-refractivity contribution in [2.24, 2.45) is 5.41 Å². The van der Waals surface area contributed by atoms with E-state index in [1.165, 1.54) is 27.1 Å². The van der Waals surface area contributed by atoms with E-state index in [-0.39, 0.29) is 56.4 Å². The molecule has 3 heteroatoms. The molecule has 1 unspecified atom stereocenters. The maximum Gasteiger partial charge on any atom is 0 e. The van der Waals surface area contributed by atoms with Crippen molar-refractivity contribution in [3.63, 3.8) is 0 Å². The minimum absolute atomic E-state index is 0. The summed E-state index contributed by atoms with van der Waals surface area (Å²) in [7, 11) is 0. The van der Waals surface area contributed by atoms with Crippen molar-refractivity contribution >= 4 is 37.0 Å². The third-order valence-electron chi connectivity index (χ3n) is 4.14. The molecule has 22 heavy (non-hydrogen) atoms. The number of fused-ring (bicyclic) bond motifs is 2.